The van der Waals surface area contributed by atoms with Gasteiger partial charge in [-0.15, -0.1) is 11.3 Å². The molecule has 0 saturated carbocycles. The minimum absolute atomic E-state index is 0.0634. The number of carbonyl (C=O) groups is 1. The van der Waals surface area contributed by atoms with Crippen molar-refractivity contribution < 1.29 is 9.90 Å². The van der Waals surface area contributed by atoms with Gasteiger partial charge in [0.05, 0.1) is 12.2 Å². The quantitative estimate of drug-likeness (QED) is 0.669. The van der Waals surface area contributed by atoms with Crippen LogP contribution in [0.25, 0.3) is 0 Å². The van der Waals surface area contributed by atoms with E-state index in [1.54, 1.807) is 29.4 Å². The summed E-state index contributed by atoms with van der Waals surface area (Å²) >= 11 is 1.63. The molecule has 0 atom stereocenters. The van der Waals surface area contributed by atoms with Crippen molar-refractivity contribution in [1.82, 2.24) is 4.90 Å². The normalized spacial score (nSPS) is 10.4. The molecule has 2 aromatic rings. The summed E-state index contributed by atoms with van der Waals surface area (Å²) in [5.41, 5.74) is 7.41. The maximum absolute atomic E-state index is 12.2. The van der Waals surface area contributed by atoms with Crippen LogP contribution in [0.2, 0.25) is 0 Å². The van der Waals surface area contributed by atoms with Crippen LogP contribution in [0.3, 0.4) is 0 Å². The number of hydrogen-bond acceptors (Lipinski definition) is 4. The average Bonchev–Trinajstić information content (AvgIpc) is 2.77. The number of amides is 1. The number of anilines is 1. The van der Waals surface area contributed by atoms with Crippen molar-refractivity contribution in [3.8, 4) is 5.75 Å². The molecule has 0 spiro atoms. The predicted molar refractivity (Wildman–Crippen MR) is 77.4 cm³/mol. The zero-order valence-electron chi connectivity index (χ0n) is 10.9. The third-order valence-electron chi connectivity index (χ3n) is 2.97. The van der Waals surface area contributed by atoms with E-state index in [2.05, 4.69) is 0 Å². The van der Waals surface area contributed by atoms with Crippen molar-refractivity contribution in [2.75, 3.05) is 12.8 Å². The van der Waals surface area contributed by atoms with Gasteiger partial charge in [0.1, 0.15) is 5.75 Å². The summed E-state index contributed by atoms with van der Waals surface area (Å²) < 4.78 is 0. The fourth-order valence-electron chi connectivity index (χ4n) is 1.75. The van der Waals surface area contributed by atoms with Crippen LogP contribution >= 0.6 is 11.3 Å². The van der Waals surface area contributed by atoms with E-state index >= 15 is 0 Å². The van der Waals surface area contributed by atoms with Crippen molar-refractivity contribution in [1.29, 1.82) is 0 Å². The number of rotatable bonds is 3. The van der Waals surface area contributed by atoms with Crippen molar-refractivity contribution in [2.45, 2.75) is 13.5 Å². The smallest absolute Gasteiger partial charge is 0.254 e. The Kier molecular flexibility index (Phi) is 3.76. The van der Waals surface area contributed by atoms with Crippen LogP contribution in [0.5, 0.6) is 5.75 Å². The largest absolute Gasteiger partial charge is 0.506 e. The van der Waals surface area contributed by atoms with E-state index in [1.807, 2.05) is 18.4 Å². The summed E-state index contributed by atoms with van der Waals surface area (Å²) in [5.74, 6) is -0.199. The number of nitrogens with zero attached hydrogens (tertiary/aromatic N) is 1. The first kappa shape index (κ1) is 13.4. The zero-order valence-corrected chi connectivity index (χ0v) is 11.7. The molecule has 0 saturated heterocycles. The topological polar surface area (TPSA) is 66.6 Å². The predicted octanol–water partition coefficient (Wildman–Crippen LogP) is 2.62. The molecule has 0 aliphatic rings. The molecule has 0 radical (unpaired) electrons. The van der Waals surface area contributed by atoms with Gasteiger partial charge in [0.15, 0.2) is 0 Å². The Bertz CT molecular complexity index is 607. The summed E-state index contributed by atoms with van der Waals surface area (Å²) in [5, 5.41) is 11.5. The SMILES string of the molecule is Cc1ccsc1CN(C)C(=O)c1ccc(N)c(O)c1. The molecule has 3 N–H and O–H groups in total. The second-order valence-electron chi connectivity index (χ2n) is 4.46. The summed E-state index contributed by atoms with van der Waals surface area (Å²) in [6.07, 6.45) is 0. The van der Waals surface area contributed by atoms with Crippen LogP contribution in [0, 0.1) is 6.92 Å². The first-order chi connectivity index (χ1) is 8.99. The van der Waals surface area contributed by atoms with E-state index in [4.69, 9.17) is 5.73 Å². The molecule has 0 aliphatic carbocycles. The van der Waals surface area contributed by atoms with Gasteiger partial charge in [0.25, 0.3) is 5.91 Å². The maximum Gasteiger partial charge on any atom is 0.254 e. The number of phenolic OH excluding ortho intramolecular Hbond substituents is 1. The van der Waals surface area contributed by atoms with Gasteiger partial charge in [0, 0.05) is 17.5 Å². The van der Waals surface area contributed by atoms with Gasteiger partial charge in [-0.1, -0.05) is 0 Å². The van der Waals surface area contributed by atoms with Gasteiger partial charge < -0.3 is 15.7 Å². The van der Waals surface area contributed by atoms with Crippen molar-refractivity contribution in [3.05, 3.63) is 45.6 Å². The van der Waals surface area contributed by atoms with Gasteiger partial charge >= 0.3 is 0 Å². The second kappa shape index (κ2) is 5.32. The number of nitrogen functional groups attached to an aromatic ring is 1. The molecule has 4 nitrogen and oxygen atoms in total. The minimum atomic E-state index is -0.136. The molecule has 1 heterocycles. The van der Waals surface area contributed by atoms with Gasteiger partial charge in [-0.05, 0) is 42.1 Å². The number of carbonyl (C=O) groups excluding carboxylic acids is 1. The third-order valence-corrected chi connectivity index (χ3v) is 3.98. The summed E-state index contributed by atoms with van der Waals surface area (Å²) in [4.78, 5) is 15.0. The first-order valence-corrected chi connectivity index (χ1v) is 6.74. The molecule has 0 aliphatic heterocycles. The zero-order chi connectivity index (χ0) is 14.0. The summed E-state index contributed by atoms with van der Waals surface area (Å²) in [6.45, 7) is 2.59. The molecule has 0 fully saturated rings. The Morgan fingerprint density at radius 1 is 1.42 bits per heavy atom. The molecular weight excluding hydrogens is 260 g/mol. The molecular formula is C14H16N2O2S. The van der Waals surface area contributed by atoms with Crippen LogP contribution in [0.4, 0.5) is 5.69 Å². The number of aromatic hydroxyl groups is 1. The average molecular weight is 276 g/mol. The Balaban J connectivity index is 2.15. The molecule has 0 unspecified atom stereocenters. The molecule has 0 bridgehead atoms. The highest BCUT2D eigenvalue weighted by Crippen LogP contribution is 2.22. The fourth-order valence-corrected chi connectivity index (χ4v) is 2.71. The lowest BCUT2D eigenvalue weighted by atomic mass is 10.1. The number of phenols is 1. The minimum Gasteiger partial charge on any atom is -0.506 e. The number of benzene rings is 1. The number of hydrogen-bond donors (Lipinski definition) is 2. The standard InChI is InChI=1S/C14H16N2O2S/c1-9-5-6-19-13(9)8-16(2)14(18)10-3-4-11(15)12(17)7-10/h3-7,17H,8,15H2,1-2H3. The van der Waals surface area contributed by atoms with Gasteiger partial charge in [-0.25, -0.2) is 0 Å². The van der Waals surface area contributed by atoms with Crippen LogP contribution in [0.15, 0.2) is 29.6 Å². The van der Waals surface area contributed by atoms with Crippen LogP contribution < -0.4 is 5.73 Å². The monoisotopic (exact) mass is 276 g/mol. The van der Waals surface area contributed by atoms with Crippen LogP contribution in [-0.2, 0) is 6.54 Å². The molecule has 1 amide bonds. The fraction of sp³-hybridized carbons (Fsp3) is 0.214. The van der Waals surface area contributed by atoms with Gasteiger partial charge in [-0.2, -0.15) is 0 Å². The molecule has 2 rings (SSSR count). The van der Waals surface area contributed by atoms with E-state index in [-0.39, 0.29) is 17.3 Å². The highest BCUT2D eigenvalue weighted by atomic mass is 32.1. The first-order valence-electron chi connectivity index (χ1n) is 5.86. The number of thiophene rings is 1. The lowest BCUT2D eigenvalue weighted by molar-refractivity contribution is 0.0786. The van der Waals surface area contributed by atoms with Crippen molar-refractivity contribution >= 4 is 22.9 Å². The lowest BCUT2D eigenvalue weighted by Gasteiger charge is -2.17. The second-order valence-corrected chi connectivity index (χ2v) is 5.46. The van der Waals surface area contributed by atoms with Crippen molar-refractivity contribution in [2.24, 2.45) is 0 Å². The molecule has 1 aromatic heterocycles. The van der Waals surface area contributed by atoms with E-state index in [0.29, 0.717) is 12.1 Å². The summed E-state index contributed by atoms with van der Waals surface area (Å²) in [6, 6.07) is 6.59. The van der Waals surface area contributed by atoms with Gasteiger partial charge in [-0.3, -0.25) is 4.79 Å². The lowest BCUT2D eigenvalue weighted by Crippen LogP contribution is -2.26. The van der Waals surface area contributed by atoms with Crippen LogP contribution in [0.1, 0.15) is 20.8 Å². The highest BCUT2D eigenvalue weighted by Gasteiger charge is 2.14. The van der Waals surface area contributed by atoms with E-state index in [9.17, 15) is 9.90 Å². The Hall–Kier alpha value is -2.01. The van der Waals surface area contributed by atoms with E-state index in [1.165, 1.54) is 17.7 Å². The van der Waals surface area contributed by atoms with Crippen LogP contribution in [-0.4, -0.2) is 23.0 Å². The molecule has 1 aromatic carbocycles. The Morgan fingerprint density at radius 3 is 2.74 bits per heavy atom. The maximum atomic E-state index is 12.2. The number of aryl methyl sites for hydroxylation is 1. The third kappa shape index (κ3) is 2.88. The molecule has 5 heteroatoms. The number of nitrogens with two attached hydrogens (primary N) is 1. The van der Waals surface area contributed by atoms with E-state index in [0.717, 1.165) is 4.88 Å². The Labute approximate surface area is 116 Å². The van der Waals surface area contributed by atoms with E-state index < -0.39 is 0 Å². The van der Waals surface area contributed by atoms with Crippen molar-refractivity contribution in [3.63, 3.8) is 0 Å². The molecule has 19 heavy (non-hydrogen) atoms. The van der Waals surface area contributed by atoms with Gasteiger partial charge in [0.2, 0.25) is 0 Å². The highest BCUT2D eigenvalue weighted by molar-refractivity contribution is 7.10. The summed E-state index contributed by atoms with van der Waals surface area (Å²) in [7, 11) is 1.74. The Morgan fingerprint density at radius 2 is 2.16 bits per heavy atom. The molecule has 100 valence electrons.